The van der Waals surface area contributed by atoms with E-state index in [1.54, 1.807) is 49.8 Å². The van der Waals surface area contributed by atoms with E-state index in [2.05, 4.69) is 10.6 Å². The molecule has 1 aliphatic carbocycles. The van der Waals surface area contributed by atoms with Gasteiger partial charge in [-0.15, -0.1) is 0 Å². The smallest absolute Gasteiger partial charge is 0.410 e. The molecule has 0 spiro atoms. The lowest BCUT2D eigenvalue weighted by atomic mass is 10.0. The summed E-state index contributed by atoms with van der Waals surface area (Å²) < 4.78 is 77.2. The summed E-state index contributed by atoms with van der Waals surface area (Å²) in [6.07, 6.45) is -1.97. The first-order chi connectivity index (χ1) is 25.2. The Labute approximate surface area is 315 Å². The number of nitrogens with zero attached hydrogens (tertiary/aromatic N) is 2. The first-order valence-corrected chi connectivity index (χ1v) is 19.4. The zero-order chi connectivity index (χ0) is 39.6. The lowest BCUT2D eigenvalue weighted by Gasteiger charge is -2.30. The molecule has 0 radical (unpaired) electrons. The fourth-order valence-corrected chi connectivity index (χ4v) is 7.87. The molecule has 15 nitrogen and oxygen atoms in total. The number of alkyl carbamates (subject to hydrolysis) is 1. The molecule has 4 aliphatic rings. The molecule has 0 bridgehead atoms. The highest BCUT2D eigenvalue weighted by Gasteiger charge is 2.62. The lowest BCUT2D eigenvalue weighted by Crippen LogP contribution is -2.59. The topological polar surface area (TPSA) is 193 Å². The van der Waals surface area contributed by atoms with E-state index >= 15 is 0 Å². The summed E-state index contributed by atoms with van der Waals surface area (Å²) in [6, 6.07) is 2.75. The molecule has 3 heterocycles. The van der Waals surface area contributed by atoms with Crippen molar-refractivity contribution in [1.82, 2.24) is 29.9 Å². The Bertz CT molecular complexity index is 1790. The maximum atomic E-state index is 14.3. The van der Waals surface area contributed by atoms with Crippen LogP contribution in [-0.2, 0) is 47.2 Å². The Kier molecular flexibility index (Phi) is 12.1. The summed E-state index contributed by atoms with van der Waals surface area (Å²) in [5.74, 6) is -3.59. The van der Waals surface area contributed by atoms with E-state index in [1.165, 1.54) is 9.62 Å². The molecule has 5 rings (SSSR count). The van der Waals surface area contributed by atoms with E-state index in [9.17, 15) is 45.6 Å². The Hall–Kier alpha value is -4.10. The van der Waals surface area contributed by atoms with Gasteiger partial charge in [0.25, 0.3) is 5.91 Å². The molecular weight excluding hydrogens is 761 g/mol. The van der Waals surface area contributed by atoms with Crippen molar-refractivity contribution in [3.63, 3.8) is 0 Å². The normalized spacial score (nSPS) is 26.9. The van der Waals surface area contributed by atoms with Crippen LogP contribution in [0.25, 0.3) is 0 Å². The van der Waals surface area contributed by atoms with Crippen LogP contribution in [0.5, 0.6) is 0 Å². The minimum atomic E-state index is -5.00. The number of fused-ring (bicyclic) bond motifs is 3. The number of alkyl halides is 3. The highest BCUT2D eigenvalue weighted by atomic mass is 35.5. The van der Waals surface area contributed by atoms with Crippen LogP contribution in [0, 0.1) is 5.92 Å². The SMILES string of the molecule is CC(C)(C)OC(=O)N[C@@H]1CCCCC/C=C\[C@H]2C[C@@]2(C(=O)NS(=O)(=O)NCC(F)(F)F)NC(=O)C2C[C@H](OC(=O)N3Cc4cccc(Cl)c4C3)CN2C1=O. The zero-order valence-corrected chi connectivity index (χ0v) is 31.5. The molecule has 54 heavy (non-hydrogen) atoms. The number of nitrogens with one attached hydrogen (secondary N) is 4. The minimum absolute atomic E-state index is 0.0875. The number of rotatable bonds is 6. The molecule has 2 fully saturated rings. The highest BCUT2D eigenvalue weighted by Crippen LogP contribution is 2.46. The summed E-state index contributed by atoms with van der Waals surface area (Å²) in [5.41, 5.74) is -1.19. The van der Waals surface area contributed by atoms with Gasteiger partial charge in [-0.3, -0.25) is 19.3 Å². The van der Waals surface area contributed by atoms with Gasteiger partial charge in [-0.1, -0.05) is 48.7 Å². The van der Waals surface area contributed by atoms with Crippen LogP contribution in [0.4, 0.5) is 22.8 Å². The van der Waals surface area contributed by atoms with Crippen LogP contribution in [0.1, 0.15) is 76.8 Å². The van der Waals surface area contributed by atoms with Gasteiger partial charge >= 0.3 is 28.6 Å². The number of hydrogen-bond acceptors (Lipinski definition) is 9. The van der Waals surface area contributed by atoms with Gasteiger partial charge in [-0.25, -0.2) is 14.3 Å². The third-order valence-electron chi connectivity index (χ3n) is 9.48. The number of carbonyl (C=O) groups excluding carboxylic acids is 5. The quantitative estimate of drug-likeness (QED) is 0.312. The molecule has 5 atom stereocenters. The fourth-order valence-electron chi connectivity index (χ4n) is 6.77. The van der Waals surface area contributed by atoms with E-state index in [1.807, 2.05) is 6.07 Å². The van der Waals surface area contributed by atoms with Crippen molar-refractivity contribution in [2.24, 2.45) is 5.92 Å². The maximum absolute atomic E-state index is 14.3. The van der Waals surface area contributed by atoms with Crippen LogP contribution in [0.15, 0.2) is 30.4 Å². The number of ether oxygens (including phenoxy) is 2. The molecule has 1 aromatic rings. The fraction of sp³-hybridized carbons (Fsp3) is 0.618. The van der Waals surface area contributed by atoms with Crippen LogP contribution >= 0.6 is 11.6 Å². The molecule has 298 valence electrons. The second kappa shape index (κ2) is 15.9. The number of carbonyl (C=O) groups is 5. The average Bonchev–Trinajstić information content (AvgIpc) is 3.36. The second-order valence-corrected chi connectivity index (χ2v) is 16.8. The predicted molar refractivity (Wildman–Crippen MR) is 187 cm³/mol. The van der Waals surface area contributed by atoms with Crippen molar-refractivity contribution in [2.45, 2.75) is 114 Å². The highest BCUT2D eigenvalue weighted by molar-refractivity contribution is 7.88. The number of amides is 5. The van der Waals surface area contributed by atoms with Crippen LogP contribution in [-0.4, -0.2) is 96.7 Å². The van der Waals surface area contributed by atoms with E-state index in [0.29, 0.717) is 30.7 Å². The van der Waals surface area contributed by atoms with Gasteiger partial charge in [0, 0.05) is 23.9 Å². The predicted octanol–water partition coefficient (Wildman–Crippen LogP) is 3.56. The molecular formula is C34H44ClF3N6O9S. The van der Waals surface area contributed by atoms with E-state index in [4.69, 9.17) is 21.1 Å². The largest absolute Gasteiger partial charge is 0.444 e. The van der Waals surface area contributed by atoms with Gasteiger partial charge in [0.15, 0.2) is 0 Å². The average molecular weight is 805 g/mol. The number of hydrogen-bond donors (Lipinski definition) is 4. The van der Waals surface area contributed by atoms with Crippen molar-refractivity contribution in [2.75, 3.05) is 13.1 Å². The minimum Gasteiger partial charge on any atom is -0.444 e. The Balaban J connectivity index is 1.40. The van der Waals surface area contributed by atoms with Gasteiger partial charge in [-0.05, 0) is 63.6 Å². The summed E-state index contributed by atoms with van der Waals surface area (Å²) in [7, 11) is -5.00. The third-order valence-corrected chi connectivity index (χ3v) is 10.8. The van der Waals surface area contributed by atoms with E-state index < -0.39 is 88.1 Å². The Morgan fingerprint density at radius 1 is 1.09 bits per heavy atom. The second-order valence-electron chi connectivity index (χ2n) is 14.9. The van der Waals surface area contributed by atoms with Gasteiger partial charge in [-0.2, -0.15) is 26.3 Å². The molecule has 20 heteroatoms. The zero-order valence-electron chi connectivity index (χ0n) is 30.0. The molecule has 1 saturated heterocycles. The number of allylic oxidation sites excluding steroid dienone is 1. The molecule has 1 saturated carbocycles. The van der Waals surface area contributed by atoms with Crippen molar-refractivity contribution in [1.29, 1.82) is 0 Å². The molecule has 1 unspecified atom stereocenters. The van der Waals surface area contributed by atoms with Crippen LogP contribution in [0.2, 0.25) is 5.02 Å². The third kappa shape index (κ3) is 10.3. The first kappa shape index (κ1) is 41.1. The maximum Gasteiger partial charge on any atom is 0.410 e. The van der Waals surface area contributed by atoms with Crippen molar-refractivity contribution >= 4 is 51.7 Å². The summed E-state index contributed by atoms with van der Waals surface area (Å²) in [6.45, 7) is 3.13. The number of benzene rings is 1. The first-order valence-electron chi connectivity index (χ1n) is 17.6. The van der Waals surface area contributed by atoms with Crippen LogP contribution in [0.3, 0.4) is 0 Å². The molecule has 5 amide bonds. The summed E-state index contributed by atoms with van der Waals surface area (Å²) in [5, 5.41) is 5.66. The summed E-state index contributed by atoms with van der Waals surface area (Å²) >= 11 is 6.32. The van der Waals surface area contributed by atoms with E-state index in [0.717, 1.165) is 16.0 Å². The van der Waals surface area contributed by atoms with Gasteiger partial charge in [0.1, 0.15) is 35.9 Å². The van der Waals surface area contributed by atoms with Gasteiger partial charge in [0.05, 0.1) is 13.1 Å². The Morgan fingerprint density at radius 3 is 2.52 bits per heavy atom. The van der Waals surface area contributed by atoms with Gasteiger partial charge in [0.2, 0.25) is 11.8 Å². The molecule has 0 aromatic heterocycles. The lowest BCUT2D eigenvalue weighted by molar-refractivity contribution is -0.141. The van der Waals surface area contributed by atoms with Crippen molar-refractivity contribution in [3.8, 4) is 0 Å². The monoisotopic (exact) mass is 804 g/mol. The van der Waals surface area contributed by atoms with E-state index in [-0.39, 0.29) is 38.9 Å². The molecule has 3 aliphatic heterocycles. The molecule has 4 N–H and O–H groups in total. The van der Waals surface area contributed by atoms with Crippen molar-refractivity contribution in [3.05, 3.63) is 46.5 Å². The van der Waals surface area contributed by atoms with Crippen molar-refractivity contribution < 1.29 is 55.0 Å². The summed E-state index contributed by atoms with van der Waals surface area (Å²) in [4.78, 5) is 70.7. The standard InChI is InChI=1S/C34H44ClF3N6O9S/c1-32(2,3)53-30(48)40-25-13-8-6-4-5-7-11-21-15-33(21,29(47)42-54(50,51)39-19-34(36,37)38)41-27(45)26-14-22(17-44(26)28(25)46)52-31(49)43-16-20-10-9-12-24(35)23(20)18-43/h7,9-12,21-22,25-26,39H,4-6,8,13-19H2,1-3H3,(H,40,48)(H,41,45)(H,42,47)/b11-7-/t21-,22-,25+,26?,33+/m0/s1. The molecule has 1 aromatic carbocycles. The Morgan fingerprint density at radius 2 is 1.83 bits per heavy atom. The van der Waals surface area contributed by atoms with Crippen LogP contribution < -0.4 is 20.1 Å². The van der Waals surface area contributed by atoms with Gasteiger partial charge < -0.3 is 25.0 Å². The number of halogens is 4.